The van der Waals surface area contributed by atoms with Crippen molar-refractivity contribution in [2.75, 3.05) is 13.2 Å². The number of esters is 1. The van der Waals surface area contributed by atoms with E-state index in [4.69, 9.17) is 14.2 Å². The highest BCUT2D eigenvalue weighted by molar-refractivity contribution is 5.95. The van der Waals surface area contributed by atoms with Crippen LogP contribution in [-0.4, -0.2) is 46.4 Å². The highest BCUT2D eigenvalue weighted by atomic mass is 19.4. The summed E-state index contributed by atoms with van der Waals surface area (Å²) in [7, 11) is 0. The minimum absolute atomic E-state index is 0.0443. The fourth-order valence-corrected chi connectivity index (χ4v) is 3.83. The first-order chi connectivity index (χ1) is 18.6. The van der Waals surface area contributed by atoms with E-state index in [1.807, 2.05) is 13.8 Å². The molecule has 2 heterocycles. The summed E-state index contributed by atoms with van der Waals surface area (Å²) >= 11 is 0. The predicted molar refractivity (Wildman–Crippen MR) is 137 cm³/mol. The Bertz CT molecular complexity index is 1410. The molecule has 1 aromatic carbocycles. The number of ether oxygens (including phenoxy) is 3. The number of aromatic nitrogens is 2. The standard InChI is InChI=1S/C28H31F3N2O7/c1-17(2)10-9-13-38-20-14-22(40-21(20)16-39-25(36)27(3,4)5)32-15-19(28(29,30)31)24(35)33(26(32)37)23(34)18-11-7-6-8-12-18/h6-8,11-12,15,17,20-22H,13-14,16H2,1-5H3/t20-,21+,22+/m0/s1. The summed E-state index contributed by atoms with van der Waals surface area (Å²) in [6, 6.07) is 6.99. The average Bonchev–Trinajstić information content (AvgIpc) is 3.26. The van der Waals surface area contributed by atoms with E-state index in [2.05, 4.69) is 11.8 Å². The molecule has 1 aliphatic rings. The second kappa shape index (κ2) is 12.2. The van der Waals surface area contributed by atoms with Gasteiger partial charge in [0.15, 0.2) is 0 Å². The molecule has 0 amide bonds. The van der Waals surface area contributed by atoms with Crippen molar-refractivity contribution in [3.05, 3.63) is 68.5 Å². The highest BCUT2D eigenvalue weighted by Crippen LogP contribution is 2.32. The fraction of sp³-hybridized carbons (Fsp3) is 0.500. The summed E-state index contributed by atoms with van der Waals surface area (Å²) in [5.41, 5.74) is -5.82. The second-order valence-corrected chi connectivity index (χ2v) is 10.6. The maximum absolute atomic E-state index is 13.9. The van der Waals surface area contributed by atoms with Crippen molar-refractivity contribution in [1.29, 1.82) is 0 Å². The third kappa shape index (κ3) is 7.28. The first kappa shape index (κ1) is 30.8. The molecule has 1 fully saturated rings. The number of halogens is 3. The molecule has 1 aliphatic heterocycles. The lowest BCUT2D eigenvalue weighted by Gasteiger charge is -2.22. The summed E-state index contributed by atoms with van der Waals surface area (Å²) in [6.45, 7) is 8.35. The van der Waals surface area contributed by atoms with Gasteiger partial charge < -0.3 is 14.2 Å². The molecule has 12 heteroatoms. The predicted octanol–water partition coefficient (Wildman–Crippen LogP) is 3.64. The van der Waals surface area contributed by atoms with Gasteiger partial charge in [0, 0.05) is 24.1 Å². The Morgan fingerprint density at radius 3 is 2.35 bits per heavy atom. The number of hydrogen-bond acceptors (Lipinski definition) is 7. The lowest BCUT2D eigenvalue weighted by molar-refractivity contribution is -0.160. The Morgan fingerprint density at radius 2 is 1.77 bits per heavy atom. The van der Waals surface area contributed by atoms with Gasteiger partial charge in [-0.3, -0.25) is 19.0 Å². The molecule has 1 aromatic heterocycles. The molecule has 0 radical (unpaired) electrons. The van der Waals surface area contributed by atoms with Gasteiger partial charge in [-0.2, -0.15) is 17.7 Å². The fourth-order valence-electron chi connectivity index (χ4n) is 3.83. The molecule has 9 nitrogen and oxygen atoms in total. The van der Waals surface area contributed by atoms with Crippen LogP contribution in [0.15, 0.2) is 46.1 Å². The summed E-state index contributed by atoms with van der Waals surface area (Å²) in [5.74, 6) is 4.04. The van der Waals surface area contributed by atoms with Crippen molar-refractivity contribution in [3.63, 3.8) is 0 Å². The molecular formula is C28H31F3N2O7. The Morgan fingerprint density at radius 1 is 1.12 bits per heavy atom. The molecule has 0 unspecified atom stereocenters. The van der Waals surface area contributed by atoms with Gasteiger partial charge >= 0.3 is 17.8 Å². The molecular weight excluding hydrogens is 533 g/mol. The third-order valence-corrected chi connectivity index (χ3v) is 5.89. The maximum atomic E-state index is 13.9. The van der Waals surface area contributed by atoms with Gasteiger partial charge in [-0.15, -0.1) is 0 Å². The molecule has 3 rings (SSSR count). The van der Waals surface area contributed by atoms with E-state index in [1.165, 1.54) is 24.3 Å². The van der Waals surface area contributed by atoms with Crippen LogP contribution in [0.3, 0.4) is 0 Å². The van der Waals surface area contributed by atoms with E-state index in [-0.39, 0.29) is 35.7 Å². The van der Waals surface area contributed by atoms with Crippen molar-refractivity contribution in [3.8, 4) is 11.8 Å². The van der Waals surface area contributed by atoms with Crippen LogP contribution in [0.4, 0.5) is 13.2 Å². The summed E-state index contributed by atoms with van der Waals surface area (Å²) in [6.07, 6.45) is -8.15. The number of benzene rings is 1. The first-order valence-electron chi connectivity index (χ1n) is 12.6. The zero-order chi connectivity index (χ0) is 29.8. The molecule has 1 saturated heterocycles. The van der Waals surface area contributed by atoms with Crippen molar-refractivity contribution < 1.29 is 37.0 Å². The van der Waals surface area contributed by atoms with Crippen LogP contribution in [-0.2, 0) is 25.2 Å². The molecule has 0 N–H and O–H groups in total. The van der Waals surface area contributed by atoms with E-state index < -0.39 is 58.7 Å². The van der Waals surface area contributed by atoms with Crippen LogP contribution in [0.5, 0.6) is 0 Å². The zero-order valence-electron chi connectivity index (χ0n) is 22.8. The van der Waals surface area contributed by atoms with Gasteiger partial charge in [-0.1, -0.05) is 43.9 Å². The van der Waals surface area contributed by atoms with E-state index in [1.54, 1.807) is 26.8 Å². The summed E-state index contributed by atoms with van der Waals surface area (Å²) in [4.78, 5) is 51.4. The van der Waals surface area contributed by atoms with Crippen molar-refractivity contribution in [2.24, 2.45) is 11.3 Å². The SMILES string of the molecule is CC(C)C#CCO[C@H]1C[C@H](n2cc(C(F)(F)F)c(=O)n(C(=O)c3ccccc3)c2=O)O[C@@H]1COC(=O)C(C)(C)C. The highest BCUT2D eigenvalue weighted by Gasteiger charge is 2.42. The van der Waals surface area contributed by atoms with E-state index in [0.29, 0.717) is 10.8 Å². The van der Waals surface area contributed by atoms with Gasteiger partial charge in [-0.25, -0.2) is 4.79 Å². The largest absolute Gasteiger partial charge is 0.462 e. The minimum atomic E-state index is -5.17. The van der Waals surface area contributed by atoms with Crippen LogP contribution in [0, 0.1) is 23.2 Å². The van der Waals surface area contributed by atoms with Gasteiger partial charge in [0.2, 0.25) is 0 Å². The lowest BCUT2D eigenvalue weighted by atomic mass is 9.97. The molecule has 3 atom stereocenters. The summed E-state index contributed by atoms with van der Waals surface area (Å²) in [5, 5.41) is 0. The number of hydrogen-bond donors (Lipinski definition) is 0. The quantitative estimate of drug-likeness (QED) is 0.390. The number of alkyl halides is 3. The molecule has 0 saturated carbocycles. The maximum Gasteiger partial charge on any atom is 0.423 e. The lowest BCUT2D eigenvalue weighted by Crippen LogP contribution is -2.47. The van der Waals surface area contributed by atoms with Crippen molar-refractivity contribution in [1.82, 2.24) is 9.13 Å². The molecule has 0 bridgehead atoms. The topological polar surface area (TPSA) is 106 Å². The second-order valence-electron chi connectivity index (χ2n) is 10.6. The van der Waals surface area contributed by atoms with Crippen LogP contribution in [0.1, 0.15) is 63.2 Å². The number of nitrogens with zero attached hydrogens (tertiary/aromatic N) is 2. The molecule has 0 spiro atoms. The van der Waals surface area contributed by atoms with E-state index in [9.17, 15) is 32.3 Å². The van der Waals surface area contributed by atoms with Crippen LogP contribution >= 0.6 is 0 Å². The molecule has 40 heavy (non-hydrogen) atoms. The monoisotopic (exact) mass is 564 g/mol. The Labute approximate surface area is 228 Å². The van der Waals surface area contributed by atoms with Crippen molar-refractivity contribution >= 4 is 11.9 Å². The third-order valence-electron chi connectivity index (χ3n) is 5.89. The van der Waals surface area contributed by atoms with Crippen LogP contribution < -0.4 is 11.2 Å². The molecule has 216 valence electrons. The van der Waals surface area contributed by atoms with Gasteiger partial charge in [0.05, 0.1) is 11.5 Å². The van der Waals surface area contributed by atoms with E-state index in [0.717, 1.165) is 0 Å². The minimum Gasteiger partial charge on any atom is -0.462 e. The van der Waals surface area contributed by atoms with E-state index >= 15 is 0 Å². The average molecular weight is 565 g/mol. The first-order valence-corrected chi connectivity index (χ1v) is 12.6. The Kier molecular flexibility index (Phi) is 9.43. The summed E-state index contributed by atoms with van der Waals surface area (Å²) < 4.78 is 59.0. The smallest absolute Gasteiger partial charge is 0.423 e. The molecule has 2 aromatic rings. The number of carbonyl (C=O) groups excluding carboxylic acids is 2. The van der Waals surface area contributed by atoms with Crippen molar-refractivity contribution in [2.45, 2.75) is 65.7 Å². The van der Waals surface area contributed by atoms with Gasteiger partial charge in [-0.05, 0) is 32.9 Å². The van der Waals surface area contributed by atoms with Gasteiger partial charge in [0.25, 0.3) is 11.5 Å². The number of rotatable bonds is 6. The van der Waals surface area contributed by atoms with Crippen LogP contribution in [0.25, 0.3) is 0 Å². The zero-order valence-corrected chi connectivity index (χ0v) is 22.8. The molecule has 0 aliphatic carbocycles. The Balaban J connectivity index is 2.03. The Hall–Kier alpha value is -3.69. The van der Waals surface area contributed by atoms with Gasteiger partial charge in [0.1, 0.15) is 31.1 Å². The normalized spacial score (nSPS) is 19.3. The van der Waals surface area contributed by atoms with Crippen LogP contribution in [0.2, 0.25) is 0 Å². The number of carbonyl (C=O) groups is 2.